The van der Waals surface area contributed by atoms with Crippen LogP contribution in [0.1, 0.15) is 36.8 Å². The van der Waals surface area contributed by atoms with E-state index in [0.717, 1.165) is 25.0 Å². The highest BCUT2D eigenvalue weighted by Crippen LogP contribution is 2.33. The first-order chi connectivity index (χ1) is 11.7. The van der Waals surface area contributed by atoms with E-state index in [0.29, 0.717) is 34.6 Å². The first-order valence-corrected chi connectivity index (χ1v) is 9.07. The summed E-state index contributed by atoms with van der Waals surface area (Å²) in [6.07, 6.45) is -2.02. The van der Waals surface area contributed by atoms with Crippen molar-refractivity contribution in [2.75, 3.05) is 6.54 Å². The lowest BCUT2D eigenvalue weighted by atomic mass is 9.98. The summed E-state index contributed by atoms with van der Waals surface area (Å²) in [6.45, 7) is 2.66. The Morgan fingerprint density at radius 1 is 1.44 bits per heavy atom. The number of hydrogen-bond donors (Lipinski definition) is 1. The van der Waals surface area contributed by atoms with Gasteiger partial charge < -0.3 is 10.6 Å². The number of aromatic nitrogens is 1. The standard InChI is InChI=1S/C17H20F3N3OS/c1-10-8-12(21)6-7-23(10)16(24)5-4-15-22-13-9-11(17(18,19)20)2-3-14(13)25-15/h2-3,9-10,12H,4-8,21H2,1H3/t10-,12+/m0/s1. The minimum absolute atomic E-state index is 0.0506. The summed E-state index contributed by atoms with van der Waals surface area (Å²) in [5.74, 6) is 0.0506. The third-order valence-electron chi connectivity index (χ3n) is 4.55. The molecular formula is C17H20F3N3OS. The van der Waals surface area contributed by atoms with Crippen LogP contribution in [0, 0.1) is 0 Å². The van der Waals surface area contributed by atoms with Crippen LogP contribution in [-0.4, -0.2) is 34.4 Å². The molecule has 1 aromatic heterocycles. The number of hydrogen-bond acceptors (Lipinski definition) is 4. The first kappa shape index (κ1) is 18.1. The van der Waals surface area contributed by atoms with Gasteiger partial charge in [-0.05, 0) is 38.0 Å². The maximum Gasteiger partial charge on any atom is 0.416 e. The number of halogens is 3. The molecule has 0 bridgehead atoms. The largest absolute Gasteiger partial charge is 0.416 e. The Morgan fingerprint density at radius 3 is 2.88 bits per heavy atom. The van der Waals surface area contributed by atoms with Gasteiger partial charge in [0.25, 0.3) is 0 Å². The molecule has 4 nitrogen and oxygen atoms in total. The van der Waals surface area contributed by atoms with Gasteiger partial charge in [-0.1, -0.05) is 0 Å². The summed E-state index contributed by atoms with van der Waals surface area (Å²) in [6, 6.07) is 3.83. The maximum absolute atomic E-state index is 12.8. The van der Waals surface area contributed by atoms with Crippen LogP contribution in [0.5, 0.6) is 0 Å². The van der Waals surface area contributed by atoms with E-state index >= 15 is 0 Å². The monoisotopic (exact) mass is 371 g/mol. The number of nitrogens with zero attached hydrogens (tertiary/aromatic N) is 2. The predicted octanol–water partition coefficient (Wildman–Crippen LogP) is 3.59. The maximum atomic E-state index is 12.8. The number of fused-ring (bicyclic) bond motifs is 1. The zero-order valence-corrected chi connectivity index (χ0v) is 14.7. The molecule has 1 saturated heterocycles. The zero-order valence-electron chi connectivity index (χ0n) is 13.8. The minimum Gasteiger partial charge on any atom is -0.340 e. The molecule has 1 fully saturated rings. The van der Waals surface area contributed by atoms with Gasteiger partial charge >= 0.3 is 6.18 Å². The summed E-state index contributed by atoms with van der Waals surface area (Å²) < 4.78 is 39.0. The van der Waals surface area contributed by atoms with E-state index in [1.54, 1.807) is 0 Å². The molecule has 2 aromatic rings. The van der Waals surface area contributed by atoms with Gasteiger partial charge in [-0.25, -0.2) is 4.98 Å². The number of thiazole rings is 1. The van der Waals surface area contributed by atoms with Crippen LogP contribution < -0.4 is 5.73 Å². The van der Waals surface area contributed by atoms with Gasteiger partial charge in [0.15, 0.2) is 0 Å². The minimum atomic E-state index is -4.38. The summed E-state index contributed by atoms with van der Waals surface area (Å²) in [7, 11) is 0. The van der Waals surface area contributed by atoms with Gasteiger partial charge in [-0.3, -0.25) is 4.79 Å². The van der Waals surface area contributed by atoms with E-state index in [2.05, 4.69) is 4.98 Å². The van der Waals surface area contributed by atoms with Gasteiger partial charge in [0.05, 0.1) is 20.8 Å². The van der Waals surface area contributed by atoms with Crippen molar-refractivity contribution in [1.82, 2.24) is 9.88 Å². The van der Waals surface area contributed by atoms with Crippen LogP contribution in [0.25, 0.3) is 10.2 Å². The number of aryl methyl sites for hydroxylation is 1. The molecular weight excluding hydrogens is 351 g/mol. The summed E-state index contributed by atoms with van der Waals surface area (Å²) in [5.41, 5.74) is 5.54. The predicted molar refractivity (Wildman–Crippen MR) is 91.3 cm³/mol. The van der Waals surface area contributed by atoms with Crippen LogP contribution in [0.2, 0.25) is 0 Å². The molecule has 0 aliphatic carbocycles. The number of rotatable bonds is 3. The molecule has 0 spiro atoms. The van der Waals surface area contributed by atoms with Crippen LogP contribution in [0.3, 0.4) is 0 Å². The molecule has 8 heteroatoms. The molecule has 2 heterocycles. The Labute approximate surface area is 147 Å². The smallest absolute Gasteiger partial charge is 0.340 e. The molecule has 0 unspecified atom stereocenters. The molecule has 1 aliphatic rings. The van der Waals surface area contributed by atoms with Crippen molar-refractivity contribution in [3.05, 3.63) is 28.8 Å². The molecule has 3 rings (SSSR count). The van der Waals surface area contributed by atoms with E-state index in [4.69, 9.17) is 5.73 Å². The van der Waals surface area contributed by atoms with E-state index in [-0.39, 0.29) is 18.0 Å². The Bertz CT molecular complexity index is 774. The highest BCUT2D eigenvalue weighted by atomic mass is 32.1. The number of piperidine rings is 1. The zero-order chi connectivity index (χ0) is 18.2. The molecule has 25 heavy (non-hydrogen) atoms. The average molecular weight is 371 g/mol. The number of carbonyl (C=O) groups excluding carboxylic acids is 1. The van der Waals surface area contributed by atoms with Crippen LogP contribution >= 0.6 is 11.3 Å². The molecule has 1 aromatic carbocycles. The average Bonchev–Trinajstić information content (AvgIpc) is 2.93. The molecule has 2 atom stereocenters. The van der Waals surface area contributed by atoms with Gasteiger partial charge in [0, 0.05) is 31.5 Å². The van der Waals surface area contributed by atoms with Crippen molar-refractivity contribution in [3.8, 4) is 0 Å². The molecule has 0 radical (unpaired) electrons. The third kappa shape index (κ3) is 4.12. The van der Waals surface area contributed by atoms with Crippen molar-refractivity contribution in [3.63, 3.8) is 0 Å². The Hall–Kier alpha value is -1.67. The lowest BCUT2D eigenvalue weighted by Crippen LogP contribution is -2.48. The quantitative estimate of drug-likeness (QED) is 0.897. The molecule has 1 amide bonds. The summed E-state index contributed by atoms with van der Waals surface area (Å²) in [4.78, 5) is 18.5. The first-order valence-electron chi connectivity index (χ1n) is 8.26. The second-order valence-electron chi connectivity index (χ2n) is 6.51. The number of nitrogens with two attached hydrogens (primary N) is 1. The van der Waals surface area contributed by atoms with Crippen molar-refractivity contribution < 1.29 is 18.0 Å². The molecule has 136 valence electrons. The van der Waals surface area contributed by atoms with Crippen molar-refractivity contribution >= 4 is 27.5 Å². The van der Waals surface area contributed by atoms with Crippen molar-refractivity contribution in [2.45, 2.75) is 50.9 Å². The van der Waals surface area contributed by atoms with E-state index in [1.165, 1.54) is 17.4 Å². The van der Waals surface area contributed by atoms with Gasteiger partial charge in [-0.2, -0.15) is 13.2 Å². The lowest BCUT2D eigenvalue weighted by molar-refractivity contribution is -0.137. The third-order valence-corrected chi connectivity index (χ3v) is 5.65. The van der Waals surface area contributed by atoms with Gasteiger partial charge in [-0.15, -0.1) is 11.3 Å². The number of amides is 1. The number of likely N-dealkylation sites (tertiary alicyclic amines) is 1. The molecule has 0 saturated carbocycles. The molecule has 2 N–H and O–H groups in total. The normalized spacial score (nSPS) is 21.7. The second kappa shape index (κ2) is 6.92. The highest BCUT2D eigenvalue weighted by Gasteiger charge is 2.31. The number of carbonyl (C=O) groups is 1. The van der Waals surface area contributed by atoms with E-state index < -0.39 is 11.7 Å². The van der Waals surface area contributed by atoms with Crippen LogP contribution in [0.4, 0.5) is 13.2 Å². The van der Waals surface area contributed by atoms with Crippen molar-refractivity contribution in [2.24, 2.45) is 5.73 Å². The second-order valence-corrected chi connectivity index (χ2v) is 7.62. The topological polar surface area (TPSA) is 59.2 Å². The number of alkyl halides is 3. The fourth-order valence-corrected chi connectivity index (χ4v) is 4.14. The van der Waals surface area contributed by atoms with E-state index in [9.17, 15) is 18.0 Å². The fourth-order valence-electron chi connectivity index (χ4n) is 3.19. The summed E-state index contributed by atoms with van der Waals surface area (Å²) >= 11 is 1.34. The Balaban J connectivity index is 1.66. The van der Waals surface area contributed by atoms with Gasteiger partial charge in [0.1, 0.15) is 0 Å². The summed E-state index contributed by atoms with van der Waals surface area (Å²) in [5, 5.41) is 0.684. The highest BCUT2D eigenvalue weighted by molar-refractivity contribution is 7.18. The van der Waals surface area contributed by atoms with Crippen LogP contribution in [-0.2, 0) is 17.4 Å². The van der Waals surface area contributed by atoms with Crippen LogP contribution in [0.15, 0.2) is 18.2 Å². The number of benzene rings is 1. The van der Waals surface area contributed by atoms with E-state index in [1.807, 2.05) is 11.8 Å². The van der Waals surface area contributed by atoms with Gasteiger partial charge in [0.2, 0.25) is 5.91 Å². The lowest BCUT2D eigenvalue weighted by Gasteiger charge is -2.36. The Morgan fingerprint density at radius 2 is 2.20 bits per heavy atom. The fraction of sp³-hybridized carbons (Fsp3) is 0.529. The SMILES string of the molecule is C[C@H]1C[C@H](N)CCN1C(=O)CCc1nc2cc(C(F)(F)F)ccc2s1. The van der Waals surface area contributed by atoms with Crippen molar-refractivity contribution in [1.29, 1.82) is 0 Å². The Kier molecular flexibility index (Phi) is 5.02. The molecule has 1 aliphatic heterocycles.